The molecule has 0 spiro atoms. The van der Waals surface area contributed by atoms with Gasteiger partial charge in [-0.2, -0.15) is 0 Å². The Morgan fingerprint density at radius 2 is 1.86 bits per heavy atom. The van der Waals surface area contributed by atoms with Crippen LogP contribution in [0.2, 0.25) is 0 Å². The maximum atomic E-state index is 10.6. The summed E-state index contributed by atoms with van der Waals surface area (Å²) in [5, 5.41) is 13.8. The maximum Gasteiger partial charge on any atom is 0.269 e. The van der Waals surface area contributed by atoms with E-state index in [1.54, 1.807) is 19.2 Å². The Morgan fingerprint density at radius 3 is 2.45 bits per heavy atom. The largest absolute Gasteiger partial charge is 0.493 e. The van der Waals surface area contributed by atoms with Crippen molar-refractivity contribution in [1.82, 2.24) is 0 Å². The summed E-state index contributed by atoms with van der Waals surface area (Å²) in [7, 11) is 1.60. The number of hydrogen-bond donors (Lipinski definition) is 1. The van der Waals surface area contributed by atoms with E-state index in [0.717, 1.165) is 11.3 Å². The molecule has 0 aliphatic rings. The van der Waals surface area contributed by atoms with Crippen LogP contribution in [-0.2, 0) is 6.54 Å². The quantitative estimate of drug-likeness (QED) is 0.624. The molecular weight excluding hydrogens is 284 g/mol. The average molecular weight is 302 g/mol. The zero-order valence-corrected chi connectivity index (χ0v) is 12.5. The predicted molar refractivity (Wildman–Crippen MR) is 84.6 cm³/mol. The van der Waals surface area contributed by atoms with E-state index in [9.17, 15) is 10.1 Å². The van der Waals surface area contributed by atoms with Gasteiger partial charge < -0.3 is 14.8 Å². The van der Waals surface area contributed by atoms with Crippen molar-refractivity contribution in [3.05, 3.63) is 58.1 Å². The lowest BCUT2D eigenvalue weighted by Crippen LogP contribution is -2.01. The number of nitrogens with one attached hydrogen (secondary N) is 1. The van der Waals surface area contributed by atoms with Crippen LogP contribution in [0.15, 0.2) is 42.5 Å². The molecule has 0 saturated heterocycles. The van der Waals surface area contributed by atoms with Crippen LogP contribution in [0.4, 0.5) is 11.4 Å². The van der Waals surface area contributed by atoms with Crippen LogP contribution in [0.25, 0.3) is 0 Å². The lowest BCUT2D eigenvalue weighted by Gasteiger charge is -2.12. The molecule has 0 heterocycles. The molecule has 2 aromatic carbocycles. The van der Waals surface area contributed by atoms with Gasteiger partial charge in [0, 0.05) is 24.4 Å². The highest BCUT2D eigenvalue weighted by Crippen LogP contribution is 2.28. The lowest BCUT2D eigenvalue weighted by atomic mass is 10.2. The average Bonchev–Trinajstić information content (AvgIpc) is 2.54. The molecule has 116 valence electrons. The van der Waals surface area contributed by atoms with Crippen LogP contribution in [0.5, 0.6) is 11.5 Å². The van der Waals surface area contributed by atoms with Crippen molar-refractivity contribution in [2.75, 3.05) is 19.0 Å². The number of rotatable bonds is 7. The van der Waals surface area contributed by atoms with Crippen LogP contribution in [0, 0.1) is 10.1 Å². The van der Waals surface area contributed by atoms with Gasteiger partial charge in [0.25, 0.3) is 5.69 Å². The van der Waals surface area contributed by atoms with Crippen LogP contribution in [0.1, 0.15) is 12.5 Å². The van der Waals surface area contributed by atoms with Gasteiger partial charge in [0.1, 0.15) is 0 Å². The number of non-ortho nitro benzene ring substituents is 1. The summed E-state index contributed by atoms with van der Waals surface area (Å²) in [6, 6.07) is 12.0. The second kappa shape index (κ2) is 7.31. The molecule has 0 unspecified atom stereocenters. The van der Waals surface area contributed by atoms with Gasteiger partial charge in [-0.25, -0.2) is 0 Å². The molecule has 0 amide bonds. The third-order valence-electron chi connectivity index (χ3n) is 3.10. The highest BCUT2D eigenvalue weighted by atomic mass is 16.6. The Kier molecular flexibility index (Phi) is 5.19. The van der Waals surface area contributed by atoms with Crippen LogP contribution in [-0.4, -0.2) is 18.6 Å². The van der Waals surface area contributed by atoms with Gasteiger partial charge in [0.05, 0.1) is 18.6 Å². The van der Waals surface area contributed by atoms with Gasteiger partial charge in [0.15, 0.2) is 11.5 Å². The molecule has 0 aliphatic heterocycles. The summed E-state index contributed by atoms with van der Waals surface area (Å²) in [6.07, 6.45) is 0. The van der Waals surface area contributed by atoms with Crippen molar-refractivity contribution in [3.8, 4) is 11.5 Å². The maximum absolute atomic E-state index is 10.6. The molecule has 0 aromatic heterocycles. The second-order valence-electron chi connectivity index (χ2n) is 4.58. The molecule has 0 fully saturated rings. The van der Waals surface area contributed by atoms with Gasteiger partial charge in [-0.15, -0.1) is 0 Å². The van der Waals surface area contributed by atoms with E-state index in [-0.39, 0.29) is 5.69 Å². The molecule has 6 heteroatoms. The van der Waals surface area contributed by atoms with Crippen molar-refractivity contribution < 1.29 is 14.4 Å². The zero-order valence-electron chi connectivity index (χ0n) is 12.5. The van der Waals surface area contributed by atoms with Crippen LogP contribution >= 0.6 is 0 Å². The first-order valence-electron chi connectivity index (χ1n) is 6.92. The van der Waals surface area contributed by atoms with Gasteiger partial charge in [-0.05, 0) is 36.8 Å². The topological polar surface area (TPSA) is 73.6 Å². The van der Waals surface area contributed by atoms with Crippen molar-refractivity contribution in [1.29, 1.82) is 0 Å². The molecule has 1 N–H and O–H groups in total. The SMILES string of the molecule is CCOc1ccc(CNc2ccc([N+](=O)[O-])cc2)cc1OC. The molecule has 22 heavy (non-hydrogen) atoms. The number of nitro benzene ring substituents is 1. The third-order valence-corrected chi connectivity index (χ3v) is 3.10. The van der Waals surface area contributed by atoms with Crippen molar-refractivity contribution in [3.63, 3.8) is 0 Å². The van der Waals surface area contributed by atoms with Crippen molar-refractivity contribution in [2.45, 2.75) is 13.5 Å². The minimum atomic E-state index is -0.416. The Bertz CT molecular complexity index is 641. The predicted octanol–water partition coefficient (Wildman–Crippen LogP) is 3.61. The molecule has 2 aromatic rings. The molecule has 0 saturated carbocycles. The number of methoxy groups -OCH3 is 1. The number of hydrogen-bond acceptors (Lipinski definition) is 5. The van der Waals surface area contributed by atoms with E-state index < -0.39 is 4.92 Å². The standard InChI is InChI=1S/C16H18N2O4/c1-3-22-15-9-4-12(10-16(15)21-2)11-17-13-5-7-14(8-6-13)18(19)20/h4-10,17H,3,11H2,1-2H3. The Hall–Kier alpha value is -2.76. The minimum Gasteiger partial charge on any atom is -0.493 e. The molecule has 0 atom stereocenters. The van der Waals surface area contributed by atoms with Gasteiger partial charge in [0.2, 0.25) is 0 Å². The Morgan fingerprint density at radius 1 is 1.14 bits per heavy atom. The fraction of sp³-hybridized carbons (Fsp3) is 0.250. The van der Waals surface area contributed by atoms with Crippen molar-refractivity contribution >= 4 is 11.4 Å². The van der Waals surface area contributed by atoms with E-state index >= 15 is 0 Å². The minimum absolute atomic E-state index is 0.0771. The first kappa shape index (κ1) is 15.6. The molecular formula is C16H18N2O4. The third kappa shape index (κ3) is 3.88. The summed E-state index contributed by atoms with van der Waals surface area (Å²) in [4.78, 5) is 10.2. The first-order chi connectivity index (χ1) is 10.6. The fourth-order valence-electron chi connectivity index (χ4n) is 2.00. The normalized spacial score (nSPS) is 10.1. The summed E-state index contributed by atoms with van der Waals surface area (Å²) >= 11 is 0. The van der Waals surface area contributed by atoms with E-state index in [4.69, 9.17) is 9.47 Å². The lowest BCUT2D eigenvalue weighted by molar-refractivity contribution is -0.384. The highest BCUT2D eigenvalue weighted by Gasteiger charge is 2.06. The number of nitro groups is 1. The molecule has 2 rings (SSSR count). The van der Waals surface area contributed by atoms with E-state index in [0.29, 0.717) is 24.7 Å². The van der Waals surface area contributed by atoms with E-state index in [2.05, 4.69) is 5.32 Å². The monoisotopic (exact) mass is 302 g/mol. The second-order valence-corrected chi connectivity index (χ2v) is 4.58. The summed E-state index contributed by atoms with van der Waals surface area (Å²) < 4.78 is 10.8. The van der Waals surface area contributed by atoms with Gasteiger partial charge in [-0.3, -0.25) is 10.1 Å². The van der Waals surface area contributed by atoms with Gasteiger partial charge in [-0.1, -0.05) is 6.07 Å². The number of nitrogens with zero attached hydrogens (tertiary/aromatic N) is 1. The van der Waals surface area contributed by atoms with Crippen LogP contribution < -0.4 is 14.8 Å². The first-order valence-corrected chi connectivity index (χ1v) is 6.92. The number of anilines is 1. The zero-order chi connectivity index (χ0) is 15.9. The summed E-state index contributed by atoms with van der Waals surface area (Å²) in [5.74, 6) is 1.40. The molecule has 6 nitrogen and oxygen atoms in total. The molecule has 0 aliphatic carbocycles. The summed E-state index contributed by atoms with van der Waals surface area (Å²) in [6.45, 7) is 3.08. The fourth-order valence-corrected chi connectivity index (χ4v) is 2.00. The van der Waals surface area contributed by atoms with E-state index in [1.807, 2.05) is 25.1 Å². The van der Waals surface area contributed by atoms with Crippen molar-refractivity contribution in [2.24, 2.45) is 0 Å². The van der Waals surface area contributed by atoms with Crippen LogP contribution in [0.3, 0.4) is 0 Å². The Labute approximate surface area is 128 Å². The smallest absolute Gasteiger partial charge is 0.269 e. The summed E-state index contributed by atoms with van der Waals surface area (Å²) in [5.41, 5.74) is 1.92. The van der Waals surface area contributed by atoms with Gasteiger partial charge >= 0.3 is 0 Å². The number of benzene rings is 2. The highest BCUT2D eigenvalue weighted by molar-refractivity contribution is 5.50. The molecule has 0 radical (unpaired) electrons. The van der Waals surface area contributed by atoms with E-state index in [1.165, 1.54) is 12.1 Å². The Balaban J connectivity index is 2.03. The number of ether oxygens (including phenoxy) is 2. The molecule has 0 bridgehead atoms.